The van der Waals surface area contributed by atoms with Gasteiger partial charge in [-0.2, -0.15) is 0 Å². The number of anilines is 1. The van der Waals surface area contributed by atoms with Gasteiger partial charge in [-0.25, -0.2) is 13.2 Å². The second-order valence-corrected chi connectivity index (χ2v) is 4.13. The van der Waals surface area contributed by atoms with Crippen LogP contribution in [0.4, 0.5) is 18.9 Å². The van der Waals surface area contributed by atoms with Gasteiger partial charge in [0.05, 0.1) is 0 Å². The predicted octanol–water partition coefficient (Wildman–Crippen LogP) is 4.32. The number of benzene rings is 2. The average Bonchev–Trinajstić information content (AvgIpc) is 2.31. The van der Waals surface area contributed by atoms with Gasteiger partial charge in [-0.15, -0.1) is 0 Å². The monoisotopic (exact) mass is 251 g/mol. The van der Waals surface area contributed by atoms with Crippen LogP contribution in [0.3, 0.4) is 0 Å². The van der Waals surface area contributed by atoms with Gasteiger partial charge in [0.2, 0.25) is 0 Å². The Morgan fingerprint density at radius 3 is 2.50 bits per heavy atom. The number of nitrogens with two attached hydrogens (primary N) is 1. The van der Waals surface area contributed by atoms with Gasteiger partial charge in [-0.3, -0.25) is 0 Å². The van der Waals surface area contributed by atoms with Crippen LogP contribution < -0.4 is 5.73 Å². The first-order valence-electron chi connectivity index (χ1n) is 5.43. The maximum Gasteiger partial charge on any atom is 0.263 e. The number of aryl methyl sites for hydroxylation is 1. The molecule has 2 rings (SSSR count). The number of halogens is 3. The van der Waals surface area contributed by atoms with Crippen molar-refractivity contribution in [3.8, 4) is 11.1 Å². The molecule has 0 fully saturated rings. The molecule has 2 aromatic carbocycles. The standard InChI is InChI=1S/C14H12F3N/c1-8-3-2-4-12(13(8)15)9-5-10(14(16)17)7-11(18)6-9/h2-7,14H,18H2,1H3. The lowest BCUT2D eigenvalue weighted by atomic mass is 10.00. The number of nitrogen functional groups attached to an aromatic ring is 1. The molecule has 1 nitrogen and oxygen atoms in total. The summed E-state index contributed by atoms with van der Waals surface area (Å²) in [5.41, 5.74) is 6.68. The van der Waals surface area contributed by atoms with Gasteiger partial charge in [0.15, 0.2) is 0 Å². The largest absolute Gasteiger partial charge is 0.399 e. The normalized spacial score (nSPS) is 10.9. The average molecular weight is 251 g/mol. The van der Waals surface area contributed by atoms with Gasteiger partial charge in [-0.05, 0) is 36.2 Å². The molecule has 0 aliphatic heterocycles. The highest BCUT2D eigenvalue weighted by Gasteiger charge is 2.13. The van der Waals surface area contributed by atoms with Crippen molar-refractivity contribution in [3.63, 3.8) is 0 Å². The maximum absolute atomic E-state index is 13.9. The molecule has 0 heterocycles. The summed E-state index contributed by atoms with van der Waals surface area (Å²) in [4.78, 5) is 0. The predicted molar refractivity (Wildman–Crippen MR) is 65.9 cm³/mol. The zero-order valence-electron chi connectivity index (χ0n) is 9.75. The third-order valence-electron chi connectivity index (χ3n) is 2.73. The van der Waals surface area contributed by atoms with E-state index in [0.717, 1.165) is 0 Å². The fourth-order valence-electron chi connectivity index (χ4n) is 1.83. The van der Waals surface area contributed by atoms with Crippen LogP contribution in [0.5, 0.6) is 0 Å². The van der Waals surface area contributed by atoms with E-state index >= 15 is 0 Å². The Morgan fingerprint density at radius 2 is 1.83 bits per heavy atom. The molecule has 94 valence electrons. The van der Waals surface area contributed by atoms with Crippen LogP contribution in [0.1, 0.15) is 17.6 Å². The molecule has 4 heteroatoms. The van der Waals surface area contributed by atoms with Crippen molar-refractivity contribution in [3.05, 3.63) is 53.3 Å². The molecule has 0 amide bonds. The highest BCUT2D eigenvalue weighted by molar-refractivity contribution is 5.69. The van der Waals surface area contributed by atoms with E-state index in [2.05, 4.69) is 0 Å². The fourth-order valence-corrected chi connectivity index (χ4v) is 1.83. The molecule has 2 aromatic rings. The quantitative estimate of drug-likeness (QED) is 0.790. The molecule has 2 N–H and O–H groups in total. The Balaban J connectivity index is 2.60. The van der Waals surface area contributed by atoms with Crippen molar-refractivity contribution < 1.29 is 13.2 Å². The smallest absolute Gasteiger partial charge is 0.263 e. The minimum atomic E-state index is -2.62. The maximum atomic E-state index is 13.9. The topological polar surface area (TPSA) is 26.0 Å². The molecule has 0 spiro atoms. The van der Waals surface area contributed by atoms with E-state index in [9.17, 15) is 13.2 Å². The summed E-state index contributed by atoms with van der Waals surface area (Å²) in [6.07, 6.45) is -2.62. The van der Waals surface area contributed by atoms with E-state index in [0.29, 0.717) is 11.1 Å². The van der Waals surface area contributed by atoms with Crippen molar-refractivity contribution in [2.24, 2.45) is 0 Å². The van der Waals surface area contributed by atoms with E-state index in [1.807, 2.05) is 0 Å². The number of hydrogen-bond donors (Lipinski definition) is 1. The van der Waals surface area contributed by atoms with E-state index in [1.54, 1.807) is 25.1 Å². The fraction of sp³-hybridized carbons (Fsp3) is 0.143. The molecule has 0 saturated carbocycles. The van der Waals surface area contributed by atoms with Crippen LogP contribution in [-0.2, 0) is 0 Å². The summed E-state index contributed by atoms with van der Waals surface area (Å²) in [5, 5.41) is 0. The summed E-state index contributed by atoms with van der Waals surface area (Å²) in [7, 11) is 0. The molecule has 0 bridgehead atoms. The first-order valence-corrected chi connectivity index (χ1v) is 5.43. The third-order valence-corrected chi connectivity index (χ3v) is 2.73. The lowest BCUT2D eigenvalue weighted by Gasteiger charge is -2.09. The molecule has 0 radical (unpaired) electrons. The van der Waals surface area contributed by atoms with Gasteiger partial charge >= 0.3 is 0 Å². The highest BCUT2D eigenvalue weighted by atomic mass is 19.3. The molecule has 0 unspecified atom stereocenters. The highest BCUT2D eigenvalue weighted by Crippen LogP contribution is 2.30. The Hall–Kier alpha value is -1.97. The van der Waals surface area contributed by atoms with E-state index in [-0.39, 0.29) is 16.8 Å². The lowest BCUT2D eigenvalue weighted by molar-refractivity contribution is 0.151. The van der Waals surface area contributed by atoms with Crippen molar-refractivity contribution in [2.45, 2.75) is 13.3 Å². The van der Waals surface area contributed by atoms with Gasteiger partial charge in [0.25, 0.3) is 6.43 Å². The summed E-state index contributed by atoms with van der Waals surface area (Å²) >= 11 is 0. The summed E-state index contributed by atoms with van der Waals surface area (Å²) in [5.74, 6) is -0.414. The molecule has 0 aromatic heterocycles. The molecular formula is C14H12F3N. The van der Waals surface area contributed by atoms with Crippen LogP contribution in [0, 0.1) is 12.7 Å². The number of rotatable bonds is 2. The Labute approximate surface area is 103 Å². The van der Waals surface area contributed by atoms with Crippen molar-refractivity contribution in [2.75, 3.05) is 5.73 Å². The molecule has 0 aliphatic carbocycles. The molecule has 0 atom stereocenters. The Morgan fingerprint density at radius 1 is 1.11 bits per heavy atom. The van der Waals surface area contributed by atoms with Crippen LogP contribution >= 0.6 is 0 Å². The van der Waals surface area contributed by atoms with E-state index in [4.69, 9.17) is 5.73 Å². The van der Waals surface area contributed by atoms with Crippen molar-refractivity contribution in [1.29, 1.82) is 0 Å². The molecular weight excluding hydrogens is 239 g/mol. The van der Waals surface area contributed by atoms with Crippen LogP contribution in [0.15, 0.2) is 36.4 Å². The SMILES string of the molecule is Cc1cccc(-c2cc(N)cc(C(F)F)c2)c1F. The minimum absolute atomic E-state index is 0.198. The number of alkyl halides is 2. The van der Waals surface area contributed by atoms with Crippen LogP contribution in [-0.4, -0.2) is 0 Å². The Kier molecular flexibility index (Phi) is 3.28. The van der Waals surface area contributed by atoms with Crippen molar-refractivity contribution >= 4 is 5.69 Å². The first kappa shape index (κ1) is 12.5. The van der Waals surface area contributed by atoms with Crippen LogP contribution in [0.25, 0.3) is 11.1 Å². The number of hydrogen-bond acceptors (Lipinski definition) is 1. The second-order valence-electron chi connectivity index (χ2n) is 4.13. The first-order chi connectivity index (χ1) is 8.49. The second kappa shape index (κ2) is 4.72. The summed E-state index contributed by atoms with van der Waals surface area (Å²) in [6.45, 7) is 1.62. The van der Waals surface area contributed by atoms with Gasteiger partial charge in [0, 0.05) is 16.8 Å². The Bertz CT molecular complexity index is 579. The van der Waals surface area contributed by atoms with Gasteiger partial charge < -0.3 is 5.73 Å². The molecule has 0 saturated heterocycles. The molecule has 18 heavy (non-hydrogen) atoms. The summed E-state index contributed by atoms with van der Waals surface area (Å²) < 4.78 is 39.3. The third kappa shape index (κ3) is 2.32. The van der Waals surface area contributed by atoms with E-state index in [1.165, 1.54) is 18.2 Å². The lowest BCUT2D eigenvalue weighted by Crippen LogP contribution is -1.94. The van der Waals surface area contributed by atoms with Crippen LogP contribution in [0.2, 0.25) is 0 Å². The minimum Gasteiger partial charge on any atom is -0.399 e. The van der Waals surface area contributed by atoms with E-state index < -0.39 is 12.2 Å². The zero-order valence-corrected chi connectivity index (χ0v) is 9.75. The van der Waals surface area contributed by atoms with Crippen molar-refractivity contribution in [1.82, 2.24) is 0 Å². The summed E-state index contributed by atoms with van der Waals surface area (Å²) in [6, 6.07) is 8.80. The zero-order chi connectivity index (χ0) is 13.3. The van der Waals surface area contributed by atoms with Gasteiger partial charge in [-0.1, -0.05) is 18.2 Å². The van der Waals surface area contributed by atoms with Gasteiger partial charge in [0.1, 0.15) is 5.82 Å². The molecule has 0 aliphatic rings.